The fourth-order valence-electron chi connectivity index (χ4n) is 2.28. The van der Waals surface area contributed by atoms with Crippen LogP contribution in [-0.2, 0) is 4.79 Å². The molecule has 0 aromatic heterocycles. The van der Waals surface area contributed by atoms with Gasteiger partial charge in [-0.3, -0.25) is 9.59 Å². The Balaban J connectivity index is 2.04. The fourth-order valence-corrected chi connectivity index (χ4v) is 2.45. The Morgan fingerprint density at radius 3 is 2.63 bits per heavy atom. The van der Waals surface area contributed by atoms with Crippen molar-refractivity contribution in [1.29, 1.82) is 0 Å². The number of benzene rings is 2. The summed E-state index contributed by atoms with van der Waals surface area (Å²) in [6.07, 6.45) is 0. The van der Waals surface area contributed by atoms with Crippen molar-refractivity contribution in [2.45, 2.75) is 6.61 Å². The molecule has 1 N–H and O–H groups in total. The summed E-state index contributed by atoms with van der Waals surface area (Å²) in [6, 6.07) is 10.1. The van der Waals surface area contributed by atoms with Gasteiger partial charge in [0, 0.05) is 17.6 Å². The lowest BCUT2D eigenvalue weighted by atomic mass is 10.2. The molecule has 0 aliphatic heterocycles. The predicted molar refractivity (Wildman–Crippen MR) is 96.7 cm³/mol. The van der Waals surface area contributed by atoms with E-state index < -0.39 is 18.4 Å². The number of amides is 2. The van der Waals surface area contributed by atoms with E-state index in [2.05, 4.69) is 10.1 Å². The zero-order valence-corrected chi connectivity index (χ0v) is 15.3. The summed E-state index contributed by atoms with van der Waals surface area (Å²) in [5.74, 6) is -0.731. The van der Waals surface area contributed by atoms with Crippen LogP contribution < -0.4 is 14.8 Å². The number of halogens is 3. The number of alkyl halides is 2. The number of nitrogens with zero attached hydrogens (tertiary/aromatic N) is 1. The Morgan fingerprint density at radius 1 is 1.22 bits per heavy atom. The second-order valence-electron chi connectivity index (χ2n) is 5.46. The average Bonchev–Trinajstić information content (AvgIpc) is 2.60. The molecule has 144 valence electrons. The van der Waals surface area contributed by atoms with Crippen LogP contribution in [0, 0.1) is 0 Å². The van der Waals surface area contributed by atoms with E-state index in [1.165, 1.54) is 44.5 Å². The van der Waals surface area contributed by atoms with E-state index in [1.807, 2.05) is 0 Å². The number of anilines is 1. The second-order valence-corrected chi connectivity index (χ2v) is 5.90. The first-order chi connectivity index (χ1) is 12.8. The third-order valence-electron chi connectivity index (χ3n) is 3.47. The van der Waals surface area contributed by atoms with Crippen LogP contribution in [-0.4, -0.2) is 44.0 Å². The van der Waals surface area contributed by atoms with Crippen molar-refractivity contribution in [3.8, 4) is 11.5 Å². The summed E-state index contributed by atoms with van der Waals surface area (Å²) in [4.78, 5) is 25.8. The maximum atomic E-state index is 12.4. The number of nitrogens with one attached hydrogen (secondary N) is 1. The van der Waals surface area contributed by atoms with Gasteiger partial charge in [-0.2, -0.15) is 8.78 Å². The van der Waals surface area contributed by atoms with E-state index in [0.717, 1.165) is 4.90 Å². The summed E-state index contributed by atoms with van der Waals surface area (Å²) in [6.45, 7) is -3.26. The van der Waals surface area contributed by atoms with Crippen molar-refractivity contribution in [3.63, 3.8) is 0 Å². The molecule has 0 atom stereocenters. The number of carbonyl (C=O) groups is 2. The number of likely N-dealkylation sites (N-methyl/N-ethyl adjacent to an activating group) is 1. The number of methoxy groups -OCH3 is 1. The Morgan fingerprint density at radius 2 is 1.96 bits per heavy atom. The first-order valence-electron chi connectivity index (χ1n) is 7.74. The highest BCUT2D eigenvalue weighted by atomic mass is 35.5. The number of rotatable bonds is 7. The number of ether oxygens (including phenoxy) is 2. The summed E-state index contributed by atoms with van der Waals surface area (Å²) in [5.41, 5.74) is 0.479. The molecular formula is C18H17ClF2N2O4. The van der Waals surface area contributed by atoms with E-state index in [9.17, 15) is 18.4 Å². The first-order valence-corrected chi connectivity index (χ1v) is 8.11. The molecule has 2 aromatic rings. The molecule has 0 radical (unpaired) electrons. The fraction of sp³-hybridized carbons (Fsp3) is 0.222. The van der Waals surface area contributed by atoms with Crippen LogP contribution in [0.4, 0.5) is 14.5 Å². The molecule has 2 rings (SSSR count). The van der Waals surface area contributed by atoms with E-state index in [4.69, 9.17) is 16.3 Å². The molecule has 0 saturated carbocycles. The average molecular weight is 399 g/mol. The third kappa shape index (κ3) is 5.82. The molecule has 0 aliphatic carbocycles. The second kappa shape index (κ2) is 9.18. The van der Waals surface area contributed by atoms with Crippen molar-refractivity contribution >= 4 is 29.1 Å². The van der Waals surface area contributed by atoms with E-state index in [1.54, 1.807) is 12.1 Å². The van der Waals surface area contributed by atoms with Crippen LogP contribution in [0.25, 0.3) is 0 Å². The van der Waals surface area contributed by atoms with Gasteiger partial charge in [-0.15, -0.1) is 0 Å². The van der Waals surface area contributed by atoms with Gasteiger partial charge in [0.05, 0.1) is 19.3 Å². The Kier molecular flexibility index (Phi) is 6.95. The number of hydrogen-bond donors (Lipinski definition) is 1. The molecule has 2 amide bonds. The van der Waals surface area contributed by atoms with Gasteiger partial charge in [-0.1, -0.05) is 17.7 Å². The van der Waals surface area contributed by atoms with Crippen molar-refractivity contribution in [2.24, 2.45) is 0 Å². The lowest BCUT2D eigenvalue weighted by Gasteiger charge is -2.18. The predicted octanol–water partition coefficient (Wildman–Crippen LogP) is 3.66. The summed E-state index contributed by atoms with van der Waals surface area (Å²) < 4.78 is 34.0. The quantitative estimate of drug-likeness (QED) is 0.772. The summed E-state index contributed by atoms with van der Waals surface area (Å²) in [7, 11) is 2.86. The zero-order valence-electron chi connectivity index (χ0n) is 14.5. The number of hydrogen-bond acceptors (Lipinski definition) is 4. The topological polar surface area (TPSA) is 67.9 Å². The maximum absolute atomic E-state index is 12.4. The van der Waals surface area contributed by atoms with Gasteiger partial charge in [0.2, 0.25) is 5.91 Å². The lowest BCUT2D eigenvalue weighted by Crippen LogP contribution is -2.35. The molecule has 0 unspecified atom stereocenters. The van der Waals surface area contributed by atoms with Gasteiger partial charge < -0.3 is 19.7 Å². The molecule has 0 aliphatic rings. The largest absolute Gasteiger partial charge is 0.495 e. The minimum atomic E-state index is -2.99. The minimum Gasteiger partial charge on any atom is -0.495 e. The maximum Gasteiger partial charge on any atom is 0.387 e. The smallest absolute Gasteiger partial charge is 0.387 e. The molecule has 0 bridgehead atoms. The van der Waals surface area contributed by atoms with Gasteiger partial charge in [0.1, 0.15) is 11.5 Å². The Bertz CT molecular complexity index is 833. The zero-order chi connectivity index (χ0) is 20.0. The molecule has 27 heavy (non-hydrogen) atoms. The van der Waals surface area contributed by atoms with E-state index >= 15 is 0 Å². The molecule has 6 nitrogen and oxygen atoms in total. The van der Waals surface area contributed by atoms with Gasteiger partial charge in [0.25, 0.3) is 5.91 Å². The van der Waals surface area contributed by atoms with Crippen LogP contribution >= 0.6 is 11.6 Å². The van der Waals surface area contributed by atoms with Gasteiger partial charge >= 0.3 is 6.61 Å². The highest BCUT2D eigenvalue weighted by Gasteiger charge is 2.17. The van der Waals surface area contributed by atoms with Crippen molar-refractivity contribution in [2.75, 3.05) is 26.0 Å². The Labute approximate surface area is 159 Å². The van der Waals surface area contributed by atoms with E-state index in [-0.39, 0.29) is 17.9 Å². The molecule has 0 saturated heterocycles. The van der Waals surface area contributed by atoms with Gasteiger partial charge in [0.15, 0.2) is 0 Å². The summed E-state index contributed by atoms with van der Waals surface area (Å²) in [5, 5.41) is 3.02. The molecule has 0 spiro atoms. The highest BCUT2D eigenvalue weighted by Crippen LogP contribution is 2.27. The van der Waals surface area contributed by atoms with Crippen molar-refractivity contribution in [1.82, 2.24) is 4.90 Å². The van der Waals surface area contributed by atoms with Gasteiger partial charge in [-0.25, -0.2) is 0 Å². The third-order valence-corrected chi connectivity index (χ3v) is 3.70. The first kappa shape index (κ1) is 20.4. The standard InChI is InChI=1S/C18H17ClF2N2O4/c1-23(17(25)11-4-3-5-13(8-11)27-18(20)21)10-16(24)22-14-9-12(19)6-7-15(14)26-2/h3-9,18H,10H2,1-2H3,(H,22,24). The molecule has 2 aromatic carbocycles. The van der Waals surface area contributed by atoms with Crippen LogP contribution in [0.1, 0.15) is 10.4 Å². The van der Waals surface area contributed by atoms with E-state index in [0.29, 0.717) is 16.5 Å². The molecule has 0 fully saturated rings. The highest BCUT2D eigenvalue weighted by molar-refractivity contribution is 6.31. The Hall–Kier alpha value is -2.87. The molecular weight excluding hydrogens is 382 g/mol. The minimum absolute atomic E-state index is 0.115. The summed E-state index contributed by atoms with van der Waals surface area (Å²) >= 11 is 5.91. The lowest BCUT2D eigenvalue weighted by molar-refractivity contribution is -0.116. The van der Waals surface area contributed by atoms with Crippen LogP contribution in [0.3, 0.4) is 0 Å². The van der Waals surface area contributed by atoms with Crippen molar-refractivity contribution < 1.29 is 27.8 Å². The normalized spacial score (nSPS) is 10.4. The van der Waals surface area contributed by atoms with Crippen LogP contribution in [0.5, 0.6) is 11.5 Å². The van der Waals surface area contributed by atoms with Crippen molar-refractivity contribution in [3.05, 3.63) is 53.1 Å². The van der Waals surface area contributed by atoms with Crippen LogP contribution in [0.15, 0.2) is 42.5 Å². The van der Waals surface area contributed by atoms with Gasteiger partial charge in [-0.05, 0) is 36.4 Å². The monoisotopic (exact) mass is 398 g/mol. The SMILES string of the molecule is COc1ccc(Cl)cc1NC(=O)CN(C)C(=O)c1cccc(OC(F)F)c1. The molecule has 0 heterocycles. The molecule has 9 heteroatoms. The van der Waals surface area contributed by atoms with Crippen LogP contribution in [0.2, 0.25) is 5.02 Å². The number of carbonyl (C=O) groups excluding carboxylic acids is 2.